The van der Waals surface area contributed by atoms with Crippen LogP contribution in [0.15, 0.2) is 0 Å². The van der Waals surface area contributed by atoms with Crippen LogP contribution in [0, 0.1) is 0 Å². The van der Waals surface area contributed by atoms with Crippen LogP contribution in [-0.4, -0.2) is 43.0 Å². The van der Waals surface area contributed by atoms with Gasteiger partial charge in [-0.2, -0.15) is 0 Å². The summed E-state index contributed by atoms with van der Waals surface area (Å²) < 4.78 is 15.3. The van der Waals surface area contributed by atoms with Gasteiger partial charge in [-0.25, -0.2) is 14.6 Å². The number of hydrogen-bond donors (Lipinski definition) is 1. The molecule has 1 aromatic rings. The molecule has 0 spiro atoms. The van der Waals surface area contributed by atoms with Gasteiger partial charge in [0.1, 0.15) is 10.6 Å². The number of esters is 1. The van der Waals surface area contributed by atoms with Crippen molar-refractivity contribution in [3.05, 3.63) is 10.7 Å². The molecule has 1 aliphatic heterocycles. The minimum atomic E-state index is -0.621. The second-order valence-electron chi connectivity index (χ2n) is 6.23. The Balaban J connectivity index is 2.20. The number of amides is 1. The summed E-state index contributed by atoms with van der Waals surface area (Å²) in [4.78, 5) is 28.2. The third kappa shape index (κ3) is 4.90. The first-order valence-corrected chi connectivity index (χ1v) is 8.28. The van der Waals surface area contributed by atoms with E-state index in [1.807, 2.05) is 0 Å². The predicted octanol–water partition coefficient (Wildman–Crippen LogP) is 3.17. The third-order valence-corrected chi connectivity index (χ3v) is 4.34. The fraction of sp³-hybridized carbons (Fsp3) is 0.667. The van der Waals surface area contributed by atoms with Crippen LogP contribution in [0.3, 0.4) is 0 Å². The van der Waals surface area contributed by atoms with Crippen molar-refractivity contribution < 1.29 is 23.8 Å². The van der Waals surface area contributed by atoms with Gasteiger partial charge in [-0.05, 0) is 33.6 Å². The van der Waals surface area contributed by atoms with Crippen LogP contribution >= 0.6 is 11.3 Å². The Morgan fingerprint density at radius 1 is 1.30 bits per heavy atom. The second-order valence-corrected chi connectivity index (χ2v) is 7.27. The first-order valence-electron chi connectivity index (χ1n) is 7.47. The Kier molecular flexibility index (Phi) is 5.59. The van der Waals surface area contributed by atoms with Crippen molar-refractivity contribution in [1.82, 2.24) is 4.98 Å². The van der Waals surface area contributed by atoms with Gasteiger partial charge in [-0.15, -0.1) is 0 Å². The molecule has 128 valence electrons. The largest absolute Gasteiger partial charge is 0.464 e. The monoisotopic (exact) mass is 342 g/mol. The molecular weight excluding hydrogens is 320 g/mol. The molecule has 23 heavy (non-hydrogen) atoms. The molecular formula is C15H22N2O5S. The van der Waals surface area contributed by atoms with Gasteiger partial charge in [0.25, 0.3) is 0 Å². The smallest absolute Gasteiger partial charge is 0.412 e. The molecule has 1 amide bonds. The first kappa shape index (κ1) is 17.7. The minimum Gasteiger partial charge on any atom is -0.464 e. The van der Waals surface area contributed by atoms with E-state index in [0.717, 1.165) is 17.8 Å². The lowest BCUT2D eigenvalue weighted by Gasteiger charge is -2.20. The quantitative estimate of drug-likeness (QED) is 0.849. The van der Waals surface area contributed by atoms with Crippen LogP contribution in [0.25, 0.3) is 0 Å². The molecule has 0 bridgehead atoms. The average Bonchev–Trinajstić information content (AvgIpc) is 2.89. The van der Waals surface area contributed by atoms with Crippen LogP contribution in [-0.2, 0) is 14.2 Å². The van der Waals surface area contributed by atoms with Gasteiger partial charge in [-0.3, -0.25) is 5.32 Å². The number of anilines is 1. The highest BCUT2D eigenvalue weighted by molar-refractivity contribution is 7.16. The standard InChI is InChI=1S/C15H22N2O5S/c1-15(2,3)22-14(19)17-12-10(13(18)20-4)16-11(23-12)9-5-7-21-8-6-9/h9H,5-8H2,1-4H3,(H,17,19). The summed E-state index contributed by atoms with van der Waals surface area (Å²) >= 11 is 1.28. The van der Waals surface area contributed by atoms with Gasteiger partial charge < -0.3 is 14.2 Å². The van der Waals surface area contributed by atoms with Gasteiger partial charge >= 0.3 is 12.1 Å². The zero-order chi connectivity index (χ0) is 17.0. The molecule has 1 N–H and O–H groups in total. The maximum absolute atomic E-state index is 12.0. The molecule has 1 aromatic heterocycles. The van der Waals surface area contributed by atoms with Crippen molar-refractivity contribution in [1.29, 1.82) is 0 Å². The molecule has 0 unspecified atom stereocenters. The van der Waals surface area contributed by atoms with E-state index in [0.29, 0.717) is 18.2 Å². The highest BCUT2D eigenvalue weighted by Gasteiger charge is 2.27. The number of nitrogens with zero attached hydrogens (tertiary/aromatic N) is 1. The van der Waals surface area contributed by atoms with Crippen LogP contribution < -0.4 is 5.32 Å². The fourth-order valence-corrected chi connectivity index (χ4v) is 3.28. The van der Waals surface area contributed by atoms with Gasteiger partial charge in [0, 0.05) is 19.1 Å². The van der Waals surface area contributed by atoms with E-state index >= 15 is 0 Å². The molecule has 0 atom stereocenters. The van der Waals surface area contributed by atoms with Gasteiger partial charge in [0.15, 0.2) is 5.69 Å². The summed E-state index contributed by atoms with van der Waals surface area (Å²) in [5.74, 6) is -0.350. The van der Waals surface area contributed by atoms with Gasteiger partial charge in [0.2, 0.25) is 0 Å². The number of aromatic nitrogens is 1. The summed E-state index contributed by atoms with van der Waals surface area (Å²) in [6.45, 7) is 6.66. The third-order valence-electron chi connectivity index (χ3n) is 3.21. The summed E-state index contributed by atoms with van der Waals surface area (Å²) in [7, 11) is 1.28. The van der Waals surface area contributed by atoms with Crippen molar-refractivity contribution in [2.45, 2.75) is 45.1 Å². The number of carbonyl (C=O) groups excluding carboxylic acids is 2. The SMILES string of the molecule is COC(=O)c1nc(C2CCOCC2)sc1NC(=O)OC(C)(C)C. The molecule has 1 aliphatic rings. The molecule has 1 fully saturated rings. The van der Waals surface area contributed by atoms with Crippen molar-refractivity contribution in [2.24, 2.45) is 0 Å². The maximum atomic E-state index is 12.0. The number of ether oxygens (including phenoxy) is 3. The molecule has 7 nitrogen and oxygen atoms in total. The highest BCUT2D eigenvalue weighted by atomic mass is 32.1. The summed E-state index contributed by atoms with van der Waals surface area (Å²) in [5.41, 5.74) is -0.506. The maximum Gasteiger partial charge on any atom is 0.412 e. The van der Waals surface area contributed by atoms with Gasteiger partial charge in [0.05, 0.1) is 12.1 Å². The van der Waals surface area contributed by atoms with E-state index < -0.39 is 17.7 Å². The van der Waals surface area contributed by atoms with Crippen molar-refractivity contribution in [3.63, 3.8) is 0 Å². The van der Waals surface area contributed by atoms with E-state index in [1.165, 1.54) is 18.4 Å². The Morgan fingerprint density at radius 3 is 2.52 bits per heavy atom. The van der Waals surface area contributed by atoms with E-state index in [2.05, 4.69) is 10.3 Å². The number of carbonyl (C=O) groups is 2. The first-order chi connectivity index (χ1) is 10.8. The Bertz CT molecular complexity index is 573. The van der Waals surface area contributed by atoms with Crippen LogP contribution in [0.2, 0.25) is 0 Å². The van der Waals surface area contributed by atoms with E-state index in [9.17, 15) is 9.59 Å². The molecule has 8 heteroatoms. The average molecular weight is 342 g/mol. The van der Waals surface area contributed by atoms with Crippen molar-refractivity contribution >= 4 is 28.4 Å². The minimum absolute atomic E-state index is 0.116. The summed E-state index contributed by atoms with van der Waals surface area (Å²) in [5, 5.41) is 3.76. The Morgan fingerprint density at radius 2 is 1.96 bits per heavy atom. The molecule has 0 aromatic carbocycles. The topological polar surface area (TPSA) is 86.8 Å². The molecule has 2 heterocycles. The number of hydrogen-bond acceptors (Lipinski definition) is 7. The Labute approximate surface area is 139 Å². The van der Waals surface area contributed by atoms with E-state index in [1.54, 1.807) is 20.8 Å². The fourth-order valence-electron chi connectivity index (χ4n) is 2.17. The predicted molar refractivity (Wildman–Crippen MR) is 86.1 cm³/mol. The van der Waals surface area contributed by atoms with Crippen LogP contribution in [0.1, 0.15) is 55.0 Å². The highest BCUT2D eigenvalue weighted by Crippen LogP contribution is 2.35. The lowest BCUT2D eigenvalue weighted by Crippen LogP contribution is -2.27. The van der Waals surface area contributed by atoms with Crippen LogP contribution in [0.5, 0.6) is 0 Å². The number of nitrogens with one attached hydrogen (secondary N) is 1. The molecule has 0 radical (unpaired) electrons. The van der Waals surface area contributed by atoms with E-state index in [4.69, 9.17) is 14.2 Å². The Hall–Kier alpha value is -1.67. The van der Waals surface area contributed by atoms with E-state index in [-0.39, 0.29) is 11.6 Å². The van der Waals surface area contributed by atoms with Crippen molar-refractivity contribution in [3.8, 4) is 0 Å². The zero-order valence-corrected chi connectivity index (χ0v) is 14.6. The number of rotatable bonds is 3. The lowest BCUT2D eigenvalue weighted by molar-refractivity contribution is 0.0595. The lowest BCUT2D eigenvalue weighted by atomic mass is 10.0. The molecule has 0 saturated carbocycles. The molecule has 2 rings (SSSR count). The van der Waals surface area contributed by atoms with Gasteiger partial charge in [-0.1, -0.05) is 11.3 Å². The van der Waals surface area contributed by atoms with Crippen molar-refractivity contribution in [2.75, 3.05) is 25.6 Å². The second kappa shape index (κ2) is 7.27. The summed E-state index contributed by atoms with van der Waals surface area (Å²) in [6, 6.07) is 0. The van der Waals surface area contributed by atoms with Crippen LogP contribution in [0.4, 0.5) is 9.80 Å². The molecule has 1 saturated heterocycles. The molecule has 0 aliphatic carbocycles. The zero-order valence-electron chi connectivity index (χ0n) is 13.8. The summed E-state index contributed by atoms with van der Waals surface area (Å²) in [6.07, 6.45) is 1.07. The normalized spacial score (nSPS) is 16.0. The number of methoxy groups -OCH3 is 1. The number of thiazole rings is 1.